The highest BCUT2D eigenvalue weighted by Gasteiger charge is 2.27. The summed E-state index contributed by atoms with van der Waals surface area (Å²) in [5.41, 5.74) is 2.19. The zero-order valence-corrected chi connectivity index (χ0v) is 16.2. The van der Waals surface area contributed by atoms with Gasteiger partial charge in [-0.3, -0.25) is 14.4 Å². The van der Waals surface area contributed by atoms with Crippen LogP contribution in [0.15, 0.2) is 24.3 Å². The quantitative estimate of drug-likeness (QED) is 0.779. The summed E-state index contributed by atoms with van der Waals surface area (Å²) >= 11 is 0. The van der Waals surface area contributed by atoms with Crippen molar-refractivity contribution < 1.29 is 24.2 Å². The van der Waals surface area contributed by atoms with E-state index in [0.717, 1.165) is 5.56 Å². The van der Waals surface area contributed by atoms with Gasteiger partial charge in [0.25, 0.3) is 0 Å². The fourth-order valence-electron chi connectivity index (χ4n) is 3.30. The summed E-state index contributed by atoms with van der Waals surface area (Å²) < 4.78 is 5.65. The van der Waals surface area contributed by atoms with Gasteiger partial charge in [-0.2, -0.15) is 0 Å². The monoisotopic (exact) mass is 376 g/mol. The Kier molecular flexibility index (Phi) is 7.36. The van der Waals surface area contributed by atoms with Gasteiger partial charge in [0.1, 0.15) is 6.54 Å². The molecule has 1 heterocycles. The fraction of sp³-hybridized carbons (Fsp3) is 0.550. The third kappa shape index (κ3) is 6.06. The van der Waals surface area contributed by atoms with Crippen LogP contribution in [-0.2, 0) is 25.5 Å². The number of carboxylic acids is 1. The van der Waals surface area contributed by atoms with Crippen molar-refractivity contribution in [3.8, 4) is 0 Å². The van der Waals surface area contributed by atoms with E-state index in [0.29, 0.717) is 32.0 Å². The molecule has 2 rings (SSSR count). The van der Waals surface area contributed by atoms with Crippen molar-refractivity contribution in [3.63, 3.8) is 0 Å². The number of nitrogens with zero attached hydrogens (tertiary/aromatic N) is 2. The molecule has 2 amide bonds. The highest BCUT2D eigenvalue weighted by atomic mass is 16.5. The minimum atomic E-state index is -1.07. The van der Waals surface area contributed by atoms with E-state index >= 15 is 0 Å². The molecule has 1 N–H and O–H groups in total. The van der Waals surface area contributed by atoms with Crippen molar-refractivity contribution in [2.45, 2.75) is 39.2 Å². The Balaban J connectivity index is 2.00. The summed E-state index contributed by atoms with van der Waals surface area (Å²) in [7, 11) is 0. The fourth-order valence-corrected chi connectivity index (χ4v) is 3.30. The second-order valence-electron chi connectivity index (χ2n) is 7.16. The van der Waals surface area contributed by atoms with Gasteiger partial charge in [0.05, 0.1) is 19.1 Å². The van der Waals surface area contributed by atoms with Crippen LogP contribution < -0.4 is 0 Å². The van der Waals surface area contributed by atoms with E-state index in [4.69, 9.17) is 9.84 Å². The maximum absolute atomic E-state index is 12.8. The van der Waals surface area contributed by atoms with E-state index < -0.39 is 5.97 Å². The van der Waals surface area contributed by atoms with Crippen molar-refractivity contribution >= 4 is 17.8 Å². The first-order valence-corrected chi connectivity index (χ1v) is 9.22. The van der Waals surface area contributed by atoms with Crippen LogP contribution in [0.4, 0.5) is 0 Å². The van der Waals surface area contributed by atoms with Gasteiger partial charge >= 0.3 is 5.97 Å². The van der Waals surface area contributed by atoms with Gasteiger partial charge in [-0.05, 0) is 17.0 Å². The predicted octanol–water partition coefficient (Wildman–Crippen LogP) is 1.51. The number of carbonyl (C=O) groups excluding carboxylic acids is 2. The predicted molar refractivity (Wildman–Crippen MR) is 100 cm³/mol. The molecular weight excluding hydrogens is 348 g/mol. The number of morpholine rings is 1. The number of benzene rings is 1. The van der Waals surface area contributed by atoms with E-state index in [9.17, 15) is 14.4 Å². The van der Waals surface area contributed by atoms with Crippen LogP contribution in [0.3, 0.4) is 0 Å². The number of hydrogen-bond acceptors (Lipinski definition) is 4. The van der Waals surface area contributed by atoms with Crippen LogP contribution in [0.1, 0.15) is 37.8 Å². The normalized spacial score (nSPS) is 17.0. The summed E-state index contributed by atoms with van der Waals surface area (Å²) in [6.45, 7) is 6.56. The zero-order chi connectivity index (χ0) is 20.0. The molecule has 27 heavy (non-hydrogen) atoms. The van der Waals surface area contributed by atoms with Gasteiger partial charge in [-0.1, -0.05) is 38.1 Å². The number of carbonyl (C=O) groups is 3. The first-order chi connectivity index (χ1) is 12.8. The van der Waals surface area contributed by atoms with E-state index in [1.54, 1.807) is 4.90 Å². The maximum Gasteiger partial charge on any atom is 0.323 e. The Labute approximate surface area is 159 Å². The van der Waals surface area contributed by atoms with E-state index in [1.807, 2.05) is 24.3 Å². The van der Waals surface area contributed by atoms with Crippen molar-refractivity contribution in [1.29, 1.82) is 0 Å². The lowest BCUT2D eigenvalue weighted by atomic mass is 9.95. The molecule has 0 spiro atoms. The summed E-state index contributed by atoms with van der Waals surface area (Å²) in [6.07, 6.45) is -0.0570. The lowest BCUT2D eigenvalue weighted by Crippen LogP contribution is -2.51. The van der Waals surface area contributed by atoms with Crippen LogP contribution >= 0.6 is 0 Å². The number of aliphatic carboxylic acids is 1. The Morgan fingerprint density at radius 1 is 1.30 bits per heavy atom. The number of carboxylic acid groups (broad SMARTS) is 1. The summed E-state index contributed by atoms with van der Waals surface area (Å²) in [6, 6.07) is 7.95. The van der Waals surface area contributed by atoms with Gasteiger partial charge in [-0.15, -0.1) is 0 Å². The van der Waals surface area contributed by atoms with Crippen molar-refractivity contribution in [1.82, 2.24) is 9.80 Å². The summed E-state index contributed by atoms with van der Waals surface area (Å²) in [5, 5.41) is 8.94. The molecule has 1 fully saturated rings. The third-order valence-corrected chi connectivity index (χ3v) is 4.71. The van der Waals surface area contributed by atoms with Crippen LogP contribution in [0.2, 0.25) is 0 Å². The SMILES string of the molecule is CC(=O)N(CC(=O)O)CC1CN(C(=O)Cc2ccccc2C(C)C)CCO1. The van der Waals surface area contributed by atoms with Gasteiger partial charge in [0.2, 0.25) is 11.8 Å². The van der Waals surface area contributed by atoms with Crippen molar-refractivity contribution in [2.75, 3.05) is 32.8 Å². The molecule has 7 nitrogen and oxygen atoms in total. The smallest absolute Gasteiger partial charge is 0.323 e. The Hall–Kier alpha value is -2.41. The molecule has 1 aromatic rings. The lowest BCUT2D eigenvalue weighted by molar-refractivity contribution is -0.147. The van der Waals surface area contributed by atoms with Gasteiger partial charge in [0.15, 0.2) is 0 Å². The molecule has 1 aromatic carbocycles. The first kappa shape index (κ1) is 20.9. The molecule has 0 bridgehead atoms. The molecule has 0 aromatic heterocycles. The molecule has 7 heteroatoms. The molecule has 0 saturated carbocycles. The lowest BCUT2D eigenvalue weighted by Gasteiger charge is -2.35. The molecule has 0 radical (unpaired) electrons. The molecule has 1 saturated heterocycles. The average Bonchev–Trinajstić information content (AvgIpc) is 2.61. The number of amides is 2. The number of ether oxygens (including phenoxy) is 1. The van der Waals surface area contributed by atoms with Gasteiger partial charge < -0.3 is 19.6 Å². The summed E-state index contributed by atoms with van der Waals surface area (Å²) in [4.78, 5) is 38.3. The molecular formula is C20H28N2O5. The molecule has 1 aliphatic rings. The highest BCUT2D eigenvalue weighted by Crippen LogP contribution is 2.20. The van der Waals surface area contributed by atoms with Crippen molar-refractivity contribution in [2.24, 2.45) is 0 Å². The standard InChI is InChI=1S/C20H28N2O5/c1-14(2)18-7-5-4-6-16(18)10-19(24)21-8-9-27-17(11-21)12-22(15(3)23)13-20(25)26/h4-7,14,17H,8-13H2,1-3H3,(H,25,26). The minimum Gasteiger partial charge on any atom is -0.480 e. The van der Waals surface area contributed by atoms with Gasteiger partial charge in [-0.25, -0.2) is 0 Å². The topological polar surface area (TPSA) is 87.2 Å². The maximum atomic E-state index is 12.8. The molecule has 0 aliphatic carbocycles. The zero-order valence-electron chi connectivity index (χ0n) is 16.2. The first-order valence-electron chi connectivity index (χ1n) is 9.22. The van der Waals surface area contributed by atoms with Gasteiger partial charge in [0, 0.05) is 26.6 Å². The average molecular weight is 376 g/mol. The van der Waals surface area contributed by atoms with E-state index in [1.165, 1.54) is 17.4 Å². The van der Waals surface area contributed by atoms with Crippen LogP contribution in [0, 0.1) is 0 Å². The minimum absolute atomic E-state index is 0.0176. The Bertz CT molecular complexity index is 689. The molecule has 1 aliphatic heterocycles. The van der Waals surface area contributed by atoms with Crippen LogP contribution in [0.5, 0.6) is 0 Å². The largest absolute Gasteiger partial charge is 0.480 e. The van der Waals surface area contributed by atoms with Crippen molar-refractivity contribution in [3.05, 3.63) is 35.4 Å². The second kappa shape index (κ2) is 9.50. The molecule has 1 unspecified atom stereocenters. The number of rotatable bonds is 7. The second-order valence-corrected chi connectivity index (χ2v) is 7.16. The molecule has 1 atom stereocenters. The van der Waals surface area contributed by atoms with Crippen LogP contribution in [0.25, 0.3) is 0 Å². The number of hydrogen-bond donors (Lipinski definition) is 1. The highest BCUT2D eigenvalue weighted by molar-refractivity contribution is 5.80. The Morgan fingerprint density at radius 3 is 2.63 bits per heavy atom. The van der Waals surface area contributed by atoms with E-state index in [-0.39, 0.29) is 31.0 Å². The van der Waals surface area contributed by atoms with Crippen LogP contribution in [-0.4, -0.2) is 71.6 Å². The summed E-state index contributed by atoms with van der Waals surface area (Å²) in [5.74, 6) is -1.04. The van der Waals surface area contributed by atoms with E-state index in [2.05, 4.69) is 13.8 Å². The molecule has 148 valence electrons. The third-order valence-electron chi connectivity index (χ3n) is 4.71. The Morgan fingerprint density at radius 2 is 2.00 bits per heavy atom.